The number of hydrogen-bond donors (Lipinski definition) is 0. The second-order valence-corrected chi connectivity index (χ2v) is 3.81. The predicted octanol–water partition coefficient (Wildman–Crippen LogP) is -3.08. The maximum Gasteiger partial charge on any atom is 1.00 e. The van der Waals surface area contributed by atoms with Gasteiger partial charge in [0, 0.05) is 25.4 Å². The van der Waals surface area contributed by atoms with Crippen LogP contribution >= 0.6 is 0 Å². The first-order valence-corrected chi connectivity index (χ1v) is 5.15. The molecule has 0 spiro atoms. The van der Waals surface area contributed by atoms with Gasteiger partial charge in [0.15, 0.2) is 0 Å². The Hall–Kier alpha value is 1.03. The zero-order chi connectivity index (χ0) is 8.97. The van der Waals surface area contributed by atoms with Crippen LogP contribution in [-0.2, 0) is 20.6 Å². The first kappa shape index (κ1) is 14.0. The van der Waals surface area contributed by atoms with Gasteiger partial charge in [0.1, 0.15) is 0 Å². The Morgan fingerprint density at radius 1 is 1.77 bits per heavy atom. The molecule has 72 valence electrons. The molecule has 1 aliphatic rings. The molecule has 0 amide bonds. The molecule has 4 nitrogen and oxygen atoms in total. The summed E-state index contributed by atoms with van der Waals surface area (Å²) in [6.07, 6.45) is 0.696. The zero-order valence-corrected chi connectivity index (χ0v) is 10.8. The van der Waals surface area contributed by atoms with E-state index in [1.54, 1.807) is 0 Å². The van der Waals surface area contributed by atoms with Crippen LogP contribution in [0.3, 0.4) is 0 Å². The van der Waals surface area contributed by atoms with E-state index < -0.39 is 11.1 Å². The average Bonchev–Trinajstić information content (AvgIpc) is 2.51. The van der Waals surface area contributed by atoms with Crippen molar-refractivity contribution in [3.8, 4) is 0 Å². The Kier molecular flexibility index (Phi) is 7.92. The maximum absolute atomic E-state index is 10.4. The first-order chi connectivity index (χ1) is 5.74. The third-order valence-corrected chi connectivity index (χ3v) is 2.69. The Morgan fingerprint density at radius 3 is 2.85 bits per heavy atom. The Balaban J connectivity index is 0.00000144. The summed E-state index contributed by atoms with van der Waals surface area (Å²) in [5, 5.41) is 0. The van der Waals surface area contributed by atoms with E-state index in [4.69, 9.17) is 9.47 Å². The van der Waals surface area contributed by atoms with Crippen molar-refractivity contribution < 1.29 is 47.8 Å². The van der Waals surface area contributed by atoms with E-state index in [9.17, 15) is 8.76 Å². The minimum atomic E-state index is -2.02. The molecule has 13 heavy (non-hydrogen) atoms. The van der Waals surface area contributed by atoms with Gasteiger partial charge < -0.3 is 14.0 Å². The SMILES string of the molecule is COC(CS(=O)[O-])C1CCOC1.[Na+]. The van der Waals surface area contributed by atoms with Gasteiger partial charge in [0.2, 0.25) is 0 Å². The van der Waals surface area contributed by atoms with Crippen LogP contribution in [0.2, 0.25) is 0 Å². The van der Waals surface area contributed by atoms with Crippen LogP contribution in [0.4, 0.5) is 0 Å². The third kappa shape index (κ3) is 4.88. The van der Waals surface area contributed by atoms with Crippen molar-refractivity contribution in [3.05, 3.63) is 0 Å². The van der Waals surface area contributed by atoms with E-state index >= 15 is 0 Å². The van der Waals surface area contributed by atoms with E-state index in [0.29, 0.717) is 6.61 Å². The largest absolute Gasteiger partial charge is 1.00 e. The van der Waals surface area contributed by atoms with Gasteiger partial charge in [0.25, 0.3) is 0 Å². The zero-order valence-electron chi connectivity index (χ0n) is 8.02. The van der Waals surface area contributed by atoms with Crippen molar-refractivity contribution in [2.24, 2.45) is 5.92 Å². The molecule has 1 aliphatic heterocycles. The van der Waals surface area contributed by atoms with Gasteiger partial charge in [0.05, 0.1) is 12.7 Å². The van der Waals surface area contributed by atoms with Crippen molar-refractivity contribution in [2.75, 3.05) is 26.1 Å². The van der Waals surface area contributed by atoms with E-state index in [-0.39, 0.29) is 47.3 Å². The summed E-state index contributed by atoms with van der Waals surface area (Å²) < 4.78 is 31.0. The van der Waals surface area contributed by atoms with Crippen molar-refractivity contribution in [3.63, 3.8) is 0 Å². The van der Waals surface area contributed by atoms with Crippen LogP contribution < -0.4 is 29.6 Å². The summed E-state index contributed by atoms with van der Waals surface area (Å²) >= 11 is -2.02. The molecule has 3 unspecified atom stereocenters. The molecule has 1 fully saturated rings. The molecule has 0 bridgehead atoms. The fourth-order valence-electron chi connectivity index (χ4n) is 1.38. The normalized spacial score (nSPS) is 26.5. The van der Waals surface area contributed by atoms with E-state index in [1.165, 1.54) is 7.11 Å². The molecule has 6 heteroatoms. The maximum atomic E-state index is 10.4. The van der Waals surface area contributed by atoms with Crippen LogP contribution in [0.1, 0.15) is 6.42 Å². The molecule has 0 aliphatic carbocycles. The Labute approximate surface area is 103 Å². The summed E-state index contributed by atoms with van der Waals surface area (Å²) in [5.74, 6) is 0.317. The Bertz CT molecular complexity index is 161. The molecule has 1 saturated heterocycles. The van der Waals surface area contributed by atoms with E-state index in [2.05, 4.69) is 0 Å². The van der Waals surface area contributed by atoms with Gasteiger partial charge in [-0.1, -0.05) is 11.1 Å². The summed E-state index contributed by atoms with van der Waals surface area (Å²) in [7, 11) is 1.54. The van der Waals surface area contributed by atoms with Crippen LogP contribution in [0.15, 0.2) is 0 Å². The van der Waals surface area contributed by atoms with Gasteiger partial charge in [-0.2, -0.15) is 0 Å². The standard InChI is InChI=1S/C7H14O4S.Na/c1-10-7(5-12(8)9)6-2-3-11-4-6;/h6-7H,2-5H2,1H3,(H,8,9);/q;+1/p-1. The van der Waals surface area contributed by atoms with Crippen molar-refractivity contribution in [1.82, 2.24) is 0 Å². The third-order valence-electron chi connectivity index (χ3n) is 2.09. The topological polar surface area (TPSA) is 58.6 Å². The van der Waals surface area contributed by atoms with Gasteiger partial charge >= 0.3 is 29.6 Å². The number of rotatable bonds is 4. The summed E-state index contributed by atoms with van der Waals surface area (Å²) in [6, 6.07) is 0. The second-order valence-electron chi connectivity index (χ2n) is 2.87. The van der Waals surface area contributed by atoms with E-state index in [0.717, 1.165) is 13.0 Å². The fourth-order valence-corrected chi connectivity index (χ4v) is 2.05. The van der Waals surface area contributed by atoms with Crippen LogP contribution in [0.5, 0.6) is 0 Å². The van der Waals surface area contributed by atoms with Crippen LogP contribution in [-0.4, -0.2) is 40.9 Å². The molecular formula is C7H13NaO4S. The molecule has 0 N–H and O–H groups in total. The average molecular weight is 216 g/mol. The molecule has 0 aromatic heterocycles. The van der Waals surface area contributed by atoms with Crippen LogP contribution in [0, 0.1) is 5.92 Å². The summed E-state index contributed by atoms with van der Waals surface area (Å²) in [5.41, 5.74) is 0. The molecule has 3 atom stereocenters. The molecule has 1 rings (SSSR count). The fraction of sp³-hybridized carbons (Fsp3) is 1.00. The van der Waals surface area contributed by atoms with Gasteiger partial charge in [-0.3, -0.25) is 4.21 Å². The smallest absolute Gasteiger partial charge is 0.772 e. The first-order valence-electron chi connectivity index (χ1n) is 3.90. The van der Waals surface area contributed by atoms with Crippen molar-refractivity contribution in [1.29, 1.82) is 0 Å². The number of ether oxygens (including phenoxy) is 2. The Morgan fingerprint density at radius 2 is 2.46 bits per heavy atom. The quantitative estimate of drug-likeness (QED) is 0.369. The van der Waals surface area contributed by atoms with Gasteiger partial charge in [-0.05, 0) is 6.42 Å². The number of methoxy groups -OCH3 is 1. The molecular weight excluding hydrogens is 203 g/mol. The van der Waals surface area contributed by atoms with Crippen molar-refractivity contribution in [2.45, 2.75) is 12.5 Å². The molecule has 0 saturated carbocycles. The predicted molar refractivity (Wildman–Crippen MR) is 43.5 cm³/mol. The molecule has 0 radical (unpaired) electrons. The monoisotopic (exact) mass is 216 g/mol. The number of hydrogen-bond acceptors (Lipinski definition) is 4. The molecule has 0 aromatic rings. The molecule has 1 heterocycles. The van der Waals surface area contributed by atoms with Crippen molar-refractivity contribution >= 4 is 11.1 Å². The molecule has 0 aromatic carbocycles. The van der Waals surface area contributed by atoms with Crippen LogP contribution in [0.25, 0.3) is 0 Å². The van der Waals surface area contributed by atoms with E-state index in [1.807, 2.05) is 0 Å². The minimum absolute atomic E-state index is 0. The second kappa shape index (κ2) is 7.34. The van der Waals surface area contributed by atoms with Gasteiger partial charge in [-0.15, -0.1) is 0 Å². The summed E-state index contributed by atoms with van der Waals surface area (Å²) in [4.78, 5) is 0. The minimum Gasteiger partial charge on any atom is -0.772 e. The summed E-state index contributed by atoms with van der Waals surface area (Å²) in [6.45, 7) is 1.34. The van der Waals surface area contributed by atoms with Gasteiger partial charge in [-0.25, -0.2) is 0 Å².